The van der Waals surface area contributed by atoms with Gasteiger partial charge in [-0.3, -0.25) is 4.79 Å². The smallest absolute Gasteiger partial charge is 0.223 e. The van der Waals surface area contributed by atoms with Crippen LogP contribution in [0.2, 0.25) is 0 Å². The number of hydrogen-bond donors (Lipinski definition) is 2. The van der Waals surface area contributed by atoms with E-state index in [2.05, 4.69) is 6.07 Å². The van der Waals surface area contributed by atoms with Gasteiger partial charge in [0, 0.05) is 24.9 Å². The van der Waals surface area contributed by atoms with Gasteiger partial charge in [-0.15, -0.1) is 0 Å². The zero-order chi connectivity index (χ0) is 17.7. The molecule has 1 fully saturated rings. The van der Waals surface area contributed by atoms with Crippen molar-refractivity contribution < 1.29 is 19.7 Å². The van der Waals surface area contributed by atoms with E-state index in [1.807, 2.05) is 30.9 Å². The third-order valence-corrected chi connectivity index (χ3v) is 4.16. The lowest BCUT2D eigenvalue weighted by molar-refractivity contribution is -0.131. The summed E-state index contributed by atoms with van der Waals surface area (Å²) in [5, 5.41) is 24.3. The summed E-state index contributed by atoms with van der Waals surface area (Å²) in [4.78, 5) is 14.0. The molecule has 0 bridgehead atoms. The van der Waals surface area contributed by atoms with Gasteiger partial charge in [0.15, 0.2) is 0 Å². The van der Waals surface area contributed by atoms with Crippen molar-refractivity contribution in [3.05, 3.63) is 29.3 Å². The van der Waals surface area contributed by atoms with Crippen molar-refractivity contribution in [1.29, 1.82) is 5.26 Å². The van der Waals surface area contributed by atoms with Crippen molar-refractivity contribution in [3.63, 3.8) is 0 Å². The number of benzene rings is 1. The number of fused-ring (bicyclic) bond motifs is 1. The third-order valence-electron chi connectivity index (χ3n) is 4.16. The molecule has 2 heterocycles. The number of carbonyl (C=O) groups excluding carboxylic acids is 1. The first-order valence-electron chi connectivity index (χ1n) is 8.16. The highest BCUT2D eigenvalue weighted by Crippen LogP contribution is 2.44. The number of aliphatic hydroxyl groups excluding tert-OH is 2. The van der Waals surface area contributed by atoms with Gasteiger partial charge in [-0.25, -0.2) is 0 Å². The molecule has 1 aromatic rings. The summed E-state index contributed by atoms with van der Waals surface area (Å²) >= 11 is 0. The van der Waals surface area contributed by atoms with Crippen LogP contribution in [0.15, 0.2) is 18.2 Å². The molecule has 2 aliphatic rings. The van der Waals surface area contributed by atoms with Crippen molar-refractivity contribution in [2.45, 2.75) is 44.8 Å². The Bertz CT molecular complexity index is 634. The minimum absolute atomic E-state index is 0.0250. The predicted molar refractivity (Wildman–Crippen MR) is 88.3 cm³/mol. The van der Waals surface area contributed by atoms with Crippen LogP contribution in [0.5, 0.6) is 5.75 Å². The quantitative estimate of drug-likeness (QED) is 0.860. The van der Waals surface area contributed by atoms with Crippen LogP contribution in [0.25, 0.3) is 0 Å². The first kappa shape index (κ1) is 18.2. The molecule has 2 aliphatic heterocycles. The fraction of sp³-hybridized carbons (Fsp3) is 0.556. The third kappa shape index (κ3) is 4.05. The molecule has 1 amide bonds. The van der Waals surface area contributed by atoms with Crippen molar-refractivity contribution in [3.8, 4) is 11.8 Å². The van der Waals surface area contributed by atoms with Crippen molar-refractivity contribution in [2.24, 2.45) is 0 Å². The molecule has 1 saturated heterocycles. The van der Waals surface area contributed by atoms with Crippen LogP contribution in [0, 0.1) is 11.3 Å². The maximum atomic E-state index is 12.1. The molecule has 1 atom stereocenters. The molecule has 3 rings (SSSR count). The highest BCUT2D eigenvalue weighted by molar-refractivity contribution is 5.78. The maximum absolute atomic E-state index is 12.1. The normalized spacial score (nSPS) is 21.2. The minimum Gasteiger partial charge on any atom is -0.487 e. The fourth-order valence-corrected chi connectivity index (χ4v) is 3.16. The highest BCUT2D eigenvalue weighted by atomic mass is 16.5. The van der Waals surface area contributed by atoms with Crippen molar-refractivity contribution in [2.75, 3.05) is 19.8 Å². The average Bonchev–Trinajstić information content (AvgIpc) is 2.99. The molecular formula is C18H24N2O4. The number of hydrogen-bond acceptors (Lipinski definition) is 5. The molecule has 0 aliphatic carbocycles. The van der Waals surface area contributed by atoms with Gasteiger partial charge in [-0.05, 0) is 38.5 Å². The second-order valence-corrected chi connectivity index (χ2v) is 6.58. The Kier molecular flexibility index (Phi) is 5.81. The number of nitriles is 1. The molecule has 0 aromatic heterocycles. The van der Waals surface area contributed by atoms with E-state index in [1.54, 1.807) is 6.07 Å². The van der Waals surface area contributed by atoms with Crippen LogP contribution in [-0.2, 0) is 4.79 Å². The summed E-state index contributed by atoms with van der Waals surface area (Å²) in [5.74, 6) is 1.01. The largest absolute Gasteiger partial charge is 0.487 e. The second kappa shape index (κ2) is 7.65. The number of aliphatic hydroxyl groups is 2. The maximum Gasteiger partial charge on any atom is 0.223 e. The van der Waals surface area contributed by atoms with Gasteiger partial charge in [-0.2, -0.15) is 5.26 Å². The van der Waals surface area contributed by atoms with E-state index >= 15 is 0 Å². The van der Waals surface area contributed by atoms with Crippen LogP contribution in [0.3, 0.4) is 0 Å². The van der Waals surface area contributed by atoms with Crippen molar-refractivity contribution in [1.82, 2.24) is 4.90 Å². The lowest BCUT2D eigenvalue weighted by Crippen LogP contribution is -2.42. The molecular weight excluding hydrogens is 308 g/mol. The van der Waals surface area contributed by atoms with Gasteiger partial charge in [0.05, 0.1) is 30.9 Å². The number of rotatable bonds is 2. The zero-order valence-electron chi connectivity index (χ0n) is 14.2. The van der Waals surface area contributed by atoms with E-state index in [4.69, 9.17) is 20.2 Å². The average molecular weight is 332 g/mol. The van der Waals surface area contributed by atoms with Gasteiger partial charge in [-0.1, -0.05) is 0 Å². The molecule has 1 unspecified atom stereocenters. The Morgan fingerprint density at radius 1 is 1.38 bits per heavy atom. The zero-order valence-corrected chi connectivity index (χ0v) is 14.2. The van der Waals surface area contributed by atoms with Crippen LogP contribution >= 0.6 is 0 Å². The van der Waals surface area contributed by atoms with Crippen molar-refractivity contribution >= 4 is 5.91 Å². The summed E-state index contributed by atoms with van der Waals surface area (Å²) < 4.78 is 6.00. The standard InChI is InChI=1S/C16H18N2O2.C2H6O2/c1-16(2)9-13(18-7-3-4-15(18)19)12-8-11(10-17)5-6-14(12)20-16;3-1-2-4/h5-6,8,13H,3-4,7,9H2,1-2H3;3-4H,1-2H2. The number of carbonyl (C=O) groups is 1. The lowest BCUT2D eigenvalue weighted by Gasteiger charge is -2.41. The fourth-order valence-electron chi connectivity index (χ4n) is 3.16. The molecule has 1 aromatic carbocycles. The Labute approximate surface area is 142 Å². The minimum atomic E-state index is -0.297. The van der Waals surface area contributed by atoms with E-state index in [1.165, 1.54) is 0 Å². The molecule has 2 N–H and O–H groups in total. The van der Waals surface area contributed by atoms with E-state index < -0.39 is 0 Å². The van der Waals surface area contributed by atoms with Gasteiger partial charge in [0.1, 0.15) is 11.4 Å². The van der Waals surface area contributed by atoms with Crippen LogP contribution < -0.4 is 4.74 Å². The molecule has 6 nitrogen and oxygen atoms in total. The predicted octanol–water partition coefficient (Wildman–Crippen LogP) is 1.75. The first-order chi connectivity index (χ1) is 11.4. The van der Waals surface area contributed by atoms with Crippen LogP contribution in [-0.4, -0.2) is 46.4 Å². The molecule has 6 heteroatoms. The van der Waals surface area contributed by atoms with E-state index in [0.717, 1.165) is 30.7 Å². The topological polar surface area (TPSA) is 93.8 Å². The highest BCUT2D eigenvalue weighted by Gasteiger charge is 2.39. The summed E-state index contributed by atoms with van der Waals surface area (Å²) in [6, 6.07) is 7.66. The Hall–Kier alpha value is -2.10. The molecule has 130 valence electrons. The summed E-state index contributed by atoms with van der Waals surface area (Å²) in [6.45, 7) is 4.64. The first-order valence-corrected chi connectivity index (χ1v) is 8.16. The van der Waals surface area contributed by atoms with Crippen LogP contribution in [0.1, 0.15) is 50.3 Å². The number of ether oxygens (including phenoxy) is 1. The van der Waals surface area contributed by atoms with Gasteiger partial charge in [0.2, 0.25) is 5.91 Å². The van der Waals surface area contributed by atoms with E-state index in [9.17, 15) is 4.79 Å². The molecule has 0 spiro atoms. The molecule has 0 saturated carbocycles. The Balaban J connectivity index is 0.000000471. The van der Waals surface area contributed by atoms with Gasteiger partial charge in [0.25, 0.3) is 0 Å². The summed E-state index contributed by atoms with van der Waals surface area (Å²) in [5.41, 5.74) is 1.29. The monoisotopic (exact) mass is 332 g/mol. The van der Waals surface area contributed by atoms with Gasteiger partial charge >= 0.3 is 0 Å². The summed E-state index contributed by atoms with van der Waals surface area (Å²) in [6.07, 6.45) is 2.32. The summed E-state index contributed by atoms with van der Waals surface area (Å²) in [7, 11) is 0. The second-order valence-electron chi connectivity index (χ2n) is 6.58. The number of amides is 1. The Morgan fingerprint density at radius 3 is 2.62 bits per heavy atom. The van der Waals surface area contributed by atoms with E-state index in [0.29, 0.717) is 12.0 Å². The van der Waals surface area contributed by atoms with Gasteiger partial charge < -0.3 is 19.8 Å². The Morgan fingerprint density at radius 2 is 2.08 bits per heavy atom. The molecule has 24 heavy (non-hydrogen) atoms. The lowest BCUT2D eigenvalue weighted by atomic mass is 9.88. The van der Waals surface area contributed by atoms with E-state index in [-0.39, 0.29) is 30.8 Å². The van der Waals surface area contributed by atoms with Crippen LogP contribution in [0.4, 0.5) is 0 Å². The number of likely N-dealkylation sites (tertiary alicyclic amines) is 1. The SMILES string of the molecule is CC1(C)CC(N2CCCC2=O)c2cc(C#N)ccc2O1.OCCO. The molecule has 0 radical (unpaired) electrons. The number of nitrogens with zero attached hydrogens (tertiary/aromatic N) is 2.